The molecule has 4 rings (SSSR count). The zero-order valence-electron chi connectivity index (χ0n) is 14.1. The van der Waals surface area contributed by atoms with Crippen LogP contribution in [0.1, 0.15) is 42.9 Å². The number of nitrogens with zero attached hydrogens (tertiary/aromatic N) is 3. The van der Waals surface area contributed by atoms with Crippen LogP contribution < -0.4 is 0 Å². The summed E-state index contributed by atoms with van der Waals surface area (Å²) in [6.45, 7) is 0.725. The number of ether oxygens (including phenoxy) is 1. The fourth-order valence-corrected chi connectivity index (χ4v) is 3.33. The van der Waals surface area contributed by atoms with Crippen molar-refractivity contribution < 1.29 is 18.6 Å². The summed E-state index contributed by atoms with van der Waals surface area (Å²) in [5.74, 6) is -1.22. The van der Waals surface area contributed by atoms with Crippen LogP contribution in [0.5, 0.6) is 0 Å². The molecule has 1 N–H and O–H groups in total. The van der Waals surface area contributed by atoms with Gasteiger partial charge < -0.3 is 9.84 Å². The lowest BCUT2D eigenvalue weighted by Gasteiger charge is -2.23. The van der Waals surface area contributed by atoms with Crippen LogP contribution in [0.4, 0.5) is 8.78 Å². The summed E-state index contributed by atoms with van der Waals surface area (Å²) in [4.78, 5) is 4.36. The van der Waals surface area contributed by atoms with E-state index in [1.54, 1.807) is 12.4 Å². The monoisotopic (exact) mass is 359 g/mol. The summed E-state index contributed by atoms with van der Waals surface area (Å²) in [5.41, 5.74) is 1.36. The van der Waals surface area contributed by atoms with E-state index in [9.17, 15) is 13.9 Å². The normalized spacial score (nSPS) is 19.0. The second-order valence-corrected chi connectivity index (χ2v) is 6.53. The molecule has 2 unspecified atom stereocenters. The number of hydrogen-bond donors (Lipinski definition) is 1. The van der Waals surface area contributed by atoms with E-state index in [2.05, 4.69) is 10.1 Å². The Bertz CT molecular complexity index is 922. The smallest absolute Gasteiger partial charge is 0.150 e. The highest BCUT2D eigenvalue weighted by Gasteiger charge is 2.20. The van der Waals surface area contributed by atoms with Gasteiger partial charge in [-0.05, 0) is 43.5 Å². The summed E-state index contributed by atoms with van der Waals surface area (Å²) >= 11 is 0. The van der Waals surface area contributed by atoms with E-state index in [0.29, 0.717) is 5.69 Å². The van der Waals surface area contributed by atoms with Crippen molar-refractivity contribution in [3.05, 3.63) is 59.6 Å². The largest absolute Gasteiger partial charge is 0.388 e. The van der Waals surface area contributed by atoms with Crippen molar-refractivity contribution in [3.8, 4) is 0 Å². The highest BCUT2D eigenvalue weighted by Crippen LogP contribution is 2.27. The van der Waals surface area contributed by atoms with E-state index in [0.717, 1.165) is 55.0 Å². The Balaban J connectivity index is 1.57. The van der Waals surface area contributed by atoms with Crippen molar-refractivity contribution in [2.75, 3.05) is 6.61 Å². The zero-order valence-corrected chi connectivity index (χ0v) is 14.1. The van der Waals surface area contributed by atoms with Gasteiger partial charge in [-0.15, -0.1) is 0 Å². The van der Waals surface area contributed by atoms with E-state index < -0.39 is 17.7 Å². The van der Waals surface area contributed by atoms with Crippen LogP contribution >= 0.6 is 0 Å². The molecule has 3 heterocycles. The fraction of sp³-hybridized carbons (Fsp3) is 0.368. The molecule has 1 fully saturated rings. The molecular formula is C19H19F2N3O2. The molecule has 136 valence electrons. The van der Waals surface area contributed by atoms with E-state index in [-0.39, 0.29) is 18.2 Å². The molecule has 0 aliphatic carbocycles. The highest BCUT2D eigenvalue weighted by molar-refractivity contribution is 5.78. The first kappa shape index (κ1) is 17.1. The average molecular weight is 359 g/mol. The van der Waals surface area contributed by atoms with Gasteiger partial charge in [-0.3, -0.25) is 4.98 Å². The van der Waals surface area contributed by atoms with Crippen molar-refractivity contribution in [1.29, 1.82) is 0 Å². The SMILES string of the molecule is OC(Cc1cc2cnn(C3CCCCO3)c2cn1)c1cc(F)ccc1F. The lowest BCUT2D eigenvalue weighted by molar-refractivity contribution is -0.0367. The number of aliphatic hydroxyl groups is 1. The highest BCUT2D eigenvalue weighted by atomic mass is 19.1. The minimum atomic E-state index is -1.17. The number of fused-ring (bicyclic) bond motifs is 1. The second kappa shape index (κ2) is 7.09. The van der Waals surface area contributed by atoms with Crippen LogP contribution in [0, 0.1) is 11.6 Å². The average Bonchev–Trinajstić information content (AvgIpc) is 3.07. The fourth-order valence-electron chi connectivity index (χ4n) is 3.33. The molecule has 0 bridgehead atoms. The van der Waals surface area contributed by atoms with E-state index >= 15 is 0 Å². The number of hydrogen-bond acceptors (Lipinski definition) is 4. The minimum Gasteiger partial charge on any atom is -0.388 e. The molecule has 0 saturated carbocycles. The molecule has 0 amide bonds. The summed E-state index contributed by atoms with van der Waals surface area (Å²) < 4.78 is 34.7. The number of benzene rings is 1. The third-order valence-electron chi connectivity index (χ3n) is 4.69. The van der Waals surface area contributed by atoms with E-state index in [4.69, 9.17) is 4.74 Å². The van der Waals surface area contributed by atoms with Crippen molar-refractivity contribution in [1.82, 2.24) is 14.8 Å². The Kier molecular flexibility index (Phi) is 4.65. The van der Waals surface area contributed by atoms with Gasteiger partial charge in [0.25, 0.3) is 0 Å². The van der Waals surface area contributed by atoms with Crippen molar-refractivity contribution in [2.45, 2.75) is 38.0 Å². The Morgan fingerprint density at radius 1 is 1.23 bits per heavy atom. The number of aromatic nitrogens is 3. The number of aliphatic hydroxyl groups excluding tert-OH is 1. The van der Waals surface area contributed by atoms with Gasteiger partial charge in [-0.1, -0.05) is 0 Å². The van der Waals surface area contributed by atoms with Crippen LogP contribution in [0.25, 0.3) is 10.9 Å². The molecular weight excluding hydrogens is 340 g/mol. The molecule has 2 aromatic heterocycles. The van der Waals surface area contributed by atoms with Crippen LogP contribution in [0.2, 0.25) is 0 Å². The van der Waals surface area contributed by atoms with Gasteiger partial charge in [0.1, 0.15) is 11.6 Å². The van der Waals surface area contributed by atoms with Crippen LogP contribution in [0.3, 0.4) is 0 Å². The predicted octanol–water partition coefficient (Wildman–Crippen LogP) is 3.68. The molecule has 7 heteroatoms. The molecule has 1 aliphatic rings. The van der Waals surface area contributed by atoms with Gasteiger partial charge in [0.05, 0.1) is 24.0 Å². The van der Waals surface area contributed by atoms with Crippen LogP contribution in [0.15, 0.2) is 36.7 Å². The molecule has 5 nitrogen and oxygen atoms in total. The minimum absolute atomic E-state index is 0.0711. The quantitative estimate of drug-likeness (QED) is 0.772. The maximum Gasteiger partial charge on any atom is 0.150 e. The van der Waals surface area contributed by atoms with Crippen LogP contribution in [-0.2, 0) is 11.2 Å². The van der Waals surface area contributed by atoms with Gasteiger partial charge >= 0.3 is 0 Å². The summed E-state index contributed by atoms with van der Waals surface area (Å²) in [6, 6.07) is 4.86. The van der Waals surface area contributed by atoms with Crippen LogP contribution in [-0.4, -0.2) is 26.5 Å². The zero-order chi connectivity index (χ0) is 18.1. The summed E-state index contributed by atoms with van der Waals surface area (Å²) in [7, 11) is 0. The Labute approximate surface area is 149 Å². The Hall–Kier alpha value is -2.38. The van der Waals surface area contributed by atoms with Gasteiger partial charge in [0.2, 0.25) is 0 Å². The van der Waals surface area contributed by atoms with Gasteiger partial charge in [0, 0.05) is 29.7 Å². The first-order valence-corrected chi connectivity index (χ1v) is 8.68. The van der Waals surface area contributed by atoms with Gasteiger partial charge in [-0.25, -0.2) is 13.5 Å². The van der Waals surface area contributed by atoms with Crippen molar-refractivity contribution >= 4 is 10.9 Å². The molecule has 26 heavy (non-hydrogen) atoms. The summed E-state index contributed by atoms with van der Waals surface area (Å²) in [5, 5.41) is 15.5. The molecule has 0 radical (unpaired) electrons. The molecule has 1 aliphatic heterocycles. The van der Waals surface area contributed by atoms with Crippen molar-refractivity contribution in [2.24, 2.45) is 0 Å². The van der Waals surface area contributed by atoms with E-state index in [1.165, 1.54) is 0 Å². The number of pyridine rings is 1. The third kappa shape index (κ3) is 3.32. The Morgan fingerprint density at radius 2 is 2.12 bits per heavy atom. The first-order chi connectivity index (χ1) is 12.6. The topological polar surface area (TPSA) is 60.2 Å². The standard InChI is InChI=1S/C19H19F2N3O2/c20-13-4-5-16(21)15(8-13)18(25)9-14-7-12-10-23-24(17(12)11-22-14)19-3-1-2-6-26-19/h4-5,7-8,10-11,18-19,25H,1-3,6,9H2. The molecule has 1 saturated heterocycles. The van der Waals surface area contributed by atoms with Crippen molar-refractivity contribution in [3.63, 3.8) is 0 Å². The summed E-state index contributed by atoms with van der Waals surface area (Å²) in [6.07, 6.45) is 5.32. The maximum absolute atomic E-state index is 13.8. The second-order valence-electron chi connectivity index (χ2n) is 6.53. The predicted molar refractivity (Wildman–Crippen MR) is 91.4 cm³/mol. The number of halogens is 2. The molecule has 0 spiro atoms. The first-order valence-electron chi connectivity index (χ1n) is 8.68. The Morgan fingerprint density at radius 3 is 2.92 bits per heavy atom. The molecule has 3 aromatic rings. The maximum atomic E-state index is 13.8. The van der Waals surface area contributed by atoms with Gasteiger partial charge in [-0.2, -0.15) is 5.10 Å². The molecule has 1 aromatic carbocycles. The third-order valence-corrected chi connectivity index (χ3v) is 4.69. The lowest BCUT2D eigenvalue weighted by atomic mass is 10.0. The number of rotatable bonds is 4. The molecule has 2 atom stereocenters. The van der Waals surface area contributed by atoms with E-state index in [1.807, 2.05) is 10.7 Å². The lowest BCUT2D eigenvalue weighted by Crippen LogP contribution is -2.19. The van der Waals surface area contributed by atoms with Gasteiger partial charge in [0.15, 0.2) is 6.23 Å².